The van der Waals surface area contributed by atoms with E-state index in [9.17, 15) is 0 Å². The van der Waals surface area contributed by atoms with Gasteiger partial charge in [-0.05, 0) is 31.6 Å². The van der Waals surface area contributed by atoms with Crippen molar-refractivity contribution < 1.29 is 4.74 Å². The molecular formula is C15H30N2O. The molecule has 106 valence electrons. The maximum absolute atomic E-state index is 6.26. The fourth-order valence-electron chi connectivity index (χ4n) is 4.20. The number of hydrogen-bond acceptors (Lipinski definition) is 3. The summed E-state index contributed by atoms with van der Waals surface area (Å²) in [7, 11) is 0. The van der Waals surface area contributed by atoms with Gasteiger partial charge in [0.25, 0.3) is 0 Å². The molecule has 0 spiro atoms. The predicted octanol–water partition coefficient (Wildman–Crippen LogP) is 2.25. The summed E-state index contributed by atoms with van der Waals surface area (Å²) in [6.07, 6.45) is 5.70. The second-order valence-electron chi connectivity index (χ2n) is 6.53. The standard InChI is InChI=1S/C15H30N2O/c1-12(2)14-6-4-5-7-15(14,11-16)17-8-9-18-13(3)10-17/h12-14H,4-11,16H2,1-3H3. The minimum Gasteiger partial charge on any atom is -0.376 e. The Morgan fingerprint density at radius 3 is 2.78 bits per heavy atom. The Morgan fingerprint density at radius 1 is 1.39 bits per heavy atom. The van der Waals surface area contributed by atoms with Gasteiger partial charge in [-0.25, -0.2) is 0 Å². The van der Waals surface area contributed by atoms with E-state index in [-0.39, 0.29) is 5.54 Å². The van der Waals surface area contributed by atoms with Gasteiger partial charge >= 0.3 is 0 Å². The van der Waals surface area contributed by atoms with Crippen molar-refractivity contribution in [3.63, 3.8) is 0 Å². The molecule has 18 heavy (non-hydrogen) atoms. The van der Waals surface area contributed by atoms with Crippen molar-refractivity contribution in [2.45, 2.75) is 58.1 Å². The van der Waals surface area contributed by atoms with Gasteiger partial charge in [0.15, 0.2) is 0 Å². The summed E-state index contributed by atoms with van der Waals surface area (Å²) in [5.74, 6) is 1.48. The largest absolute Gasteiger partial charge is 0.376 e. The SMILES string of the molecule is CC1CN(C2(CN)CCCCC2C(C)C)CCO1. The van der Waals surface area contributed by atoms with E-state index in [0.29, 0.717) is 6.10 Å². The van der Waals surface area contributed by atoms with Gasteiger partial charge in [-0.1, -0.05) is 26.7 Å². The first-order valence-corrected chi connectivity index (χ1v) is 7.67. The molecule has 1 saturated carbocycles. The Morgan fingerprint density at radius 2 is 2.17 bits per heavy atom. The maximum Gasteiger partial charge on any atom is 0.0674 e. The van der Waals surface area contributed by atoms with Crippen LogP contribution in [0.25, 0.3) is 0 Å². The molecule has 2 fully saturated rings. The number of morpholine rings is 1. The van der Waals surface area contributed by atoms with E-state index in [1.54, 1.807) is 0 Å². The summed E-state index contributed by atoms with van der Waals surface area (Å²) in [5, 5.41) is 0. The molecule has 0 bridgehead atoms. The topological polar surface area (TPSA) is 38.5 Å². The van der Waals surface area contributed by atoms with Crippen molar-refractivity contribution in [1.29, 1.82) is 0 Å². The van der Waals surface area contributed by atoms with Crippen molar-refractivity contribution in [3.05, 3.63) is 0 Å². The highest BCUT2D eigenvalue weighted by molar-refractivity contribution is 5.01. The summed E-state index contributed by atoms with van der Waals surface area (Å²) in [6.45, 7) is 10.7. The number of nitrogens with two attached hydrogens (primary N) is 1. The van der Waals surface area contributed by atoms with E-state index in [1.165, 1.54) is 25.7 Å². The first-order chi connectivity index (χ1) is 8.60. The van der Waals surface area contributed by atoms with Crippen molar-refractivity contribution >= 4 is 0 Å². The second-order valence-corrected chi connectivity index (χ2v) is 6.53. The normalized spacial score (nSPS) is 39.2. The van der Waals surface area contributed by atoms with E-state index < -0.39 is 0 Å². The van der Waals surface area contributed by atoms with E-state index in [0.717, 1.165) is 38.1 Å². The molecule has 0 aromatic heterocycles. The van der Waals surface area contributed by atoms with E-state index in [2.05, 4.69) is 25.7 Å². The molecule has 1 aliphatic heterocycles. The molecule has 3 unspecified atom stereocenters. The molecule has 2 aliphatic rings. The Balaban J connectivity index is 2.20. The Bertz CT molecular complexity index is 269. The molecule has 3 nitrogen and oxygen atoms in total. The van der Waals surface area contributed by atoms with Crippen LogP contribution in [0.3, 0.4) is 0 Å². The third-order valence-corrected chi connectivity index (χ3v) is 5.09. The summed E-state index contributed by atoms with van der Waals surface area (Å²) >= 11 is 0. The van der Waals surface area contributed by atoms with Crippen LogP contribution in [-0.2, 0) is 4.74 Å². The molecule has 3 atom stereocenters. The predicted molar refractivity (Wildman–Crippen MR) is 75.6 cm³/mol. The summed E-state index contributed by atoms with van der Waals surface area (Å²) < 4.78 is 5.70. The lowest BCUT2D eigenvalue weighted by molar-refractivity contribution is -0.0960. The number of rotatable bonds is 3. The quantitative estimate of drug-likeness (QED) is 0.839. The molecule has 1 aliphatic carbocycles. The Labute approximate surface area is 112 Å². The number of ether oxygens (including phenoxy) is 1. The molecule has 0 radical (unpaired) electrons. The van der Waals surface area contributed by atoms with Crippen molar-refractivity contribution in [3.8, 4) is 0 Å². The van der Waals surface area contributed by atoms with E-state index in [1.807, 2.05) is 0 Å². The van der Waals surface area contributed by atoms with Crippen molar-refractivity contribution in [2.75, 3.05) is 26.2 Å². The molecule has 2 rings (SSSR count). The zero-order chi connectivity index (χ0) is 13.2. The minimum absolute atomic E-state index is 0.241. The van der Waals surface area contributed by atoms with E-state index in [4.69, 9.17) is 10.5 Å². The van der Waals surface area contributed by atoms with Crippen LogP contribution in [0.5, 0.6) is 0 Å². The second kappa shape index (κ2) is 5.89. The average molecular weight is 254 g/mol. The van der Waals surface area contributed by atoms with Crippen LogP contribution in [0.15, 0.2) is 0 Å². The first kappa shape index (κ1) is 14.3. The molecule has 1 saturated heterocycles. The lowest BCUT2D eigenvalue weighted by atomic mass is 9.66. The van der Waals surface area contributed by atoms with Gasteiger partial charge in [0.05, 0.1) is 12.7 Å². The average Bonchev–Trinajstić information content (AvgIpc) is 2.38. The van der Waals surface area contributed by atoms with Crippen LogP contribution in [0.2, 0.25) is 0 Å². The molecular weight excluding hydrogens is 224 g/mol. The van der Waals surface area contributed by atoms with Crippen LogP contribution >= 0.6 is 0 Å². The van der Waals surface area contributed by atoms with Gasteiger partial charge in [0, 0.05) is 25.2 Å². The summed E-state index contributed by atoms with van der Waals surface area (Å²) in [6, 6.07) is 0. The molecule has 2 N–H and O–H groups in total. The third kappa shape index (κ3) is 2.59. The van der Waals surface area contributed by atoms with Crippen LogP contribution in [-0.4, -0.2) is 42.8 Å². The highest BCUT2D eigenvalue weighted by Crippen LogP contribution is 2.42. The highest BCUT2D eigenvalue weighted by atomic mass is 16.5. The van der Waals surface area contributed by atoms with Crippen LogP contribution in [0.4, 0.5) is 0 Å². The first-order valence-electron chi connectivity index (χ1n) is 7.67. The van der Waals surface area contributed by atoms with Gasteiger partial charge in [0.1, 0.15) is 0 Å². The molecule has 0 aromatic carbocycles. The highest BCUT2D eigenvalue weighted by Gasteiger charge is 2.46. The van der Waals surface area contributed by atoms with Crippen LogP contribution in [0, 0.1) is 11.8 Å². The zero-order valence-corrected chi connectivity index (χ0v) is 12.3. The third-order valence-electron chi connectivity index (χ3n) is 5.09. The number of hydrogen-bond donors (Lipinski definition) is 1. The zero-order valence-electron chi connectivity index (χ0n) is 12.3. The Hall–Kier alpha value is -0.120. The number of nitrogens with zero attached hydrogens (tertiary/aromatic N) is 1. The lowest BCUT2D eigenvalue weighted by Crippen LogP contribution is -2.64. The van der Waals surface area contributed by atoms with Gasteiger partial charge in [-0.15, -0.1) is 0 Å². The molecule has 0 amide bonds. The fraction of sp³-hybridized carbons (Fsp3) is 1.00. The van der Waals surface area contributed by atoms with Crippen molar-refractivity contribution in [1.82, 2.24) is 4.90 Å². The van der Waals surface area contributed by atoms with Crippen LogP contribution < -0.4 is 5.73 Å². The van der Waals surface area contributed by atoms with Crippen LogP contribution in [0.1, 0.15) is 46.5 Å². The smallest absolute Gasteiger partial charge is 0.0674 e. The molecule has 0 aromatic rings. The van der Waals surface area contributed by atoms with Gasteiger partial charge in [0.2, 0.25) is 0 Å². The maximum atomic E-state index is 6.26. The molecule has 1 heterocycles. The monoisotopic (exact) mass is 254 g/mol. The lowest BCUT2D eigenvalue weighted by Gasteiger charge is -2.54. The minimum atomic E-state index is 0.241. The summed E-state index contributed by atoms with van der Waals surface area (Å²) in [5.41, 5.74) is 6.50. The fourth-order valence-corrected chi connectivity index (χ4v) is 4.20. The van der Waals surface area contributed by atoms with E-state index >= 15 is 0 Å². The van der Waals surface area contributed by atoms with Crippen molar-refractivity contribution in [2.24, 2.45) is 17.6 Å². The Kier molecular flexibility index (Phi) is 4.68. The molecule has 3 heteroatoms. The van der Waals surface area contributed by atoms with Gasteiger partial charge in [-0.3, -0.25) is 4.90 Å². The summed E-state index contributed by atoms with van der Waals surface area (Å²) in [4.78, 5) is 2.66. The van der Waals surface area contributed by atoms with Gasteiger partial charge in [-0.2, -0.15) is 0 Å². The van der Waals surface area contributed by atoms with Gasteiger partial charge < -0.3 is 10.5 Å².